The molecule has 116 valence electrons. The number of hydrogen-bond donors (Lipinski definition) is 1. The summed E-state index contributed by atoms with van der Waals surface area (Å²) in [7, 11) is 0. The maximum Gasteiger partial charge on any atom is 0.0762 e. The van der Waals surface area contributed by atoms with Gasteiger partial charge in [0.05, 0.1) is 11.8 Å². The minimum absolute atomic E-state index is 0.408. The minimum Gasteiger partial charge on any atom is -0.389 e. The van der Waals surface area contributed by atoms with Gasteiger partial charge in [-0.15, -0.1) is 0 Å². The van der Waals surface area contributed by atoms with E-state index in [4.69, 9.17) is 0 Å². The number of anilines is 1. The molecule has 1 aliphatic carbocycles. The first-order chi connectivity index (χ1) is 10.1. The Kier molecular flexibility index (Phi) is 4.87. The van der Waals surface area contributed by atoms with Gasteiger partial charge >= 0.3 is 0 Å². The molecule has 1 aliphatic heterocycles. The van der Waals surface area contributed by atoms with Crippen LogP contribution in [-0.2, 0) is 0 Å². The zero-order valence-electron chi connectivity index (χ0n) is 12.8. The Morgan fingerprint density at radius 2 is 1.81 bits per heavy atom. The third-order valence-corrected chi connectivity index (χ3v) is 5.59. The zero-order chi connectivity index (χ0) is 14.8. The van der Waals surface area contributed by atoms with Crippen molar-refractivity contribution in [3.63, 3.8) is 0 Å². The van der Waals surface area contributed by atoms with E-state index in [0.29, 0.717) is 0 Å². The summed E-state index contributed by atoms with van der Waals surface area (Å²) in [6.45, 7) is 6.36. The van der Waals surface area contributed by atoms with Crippen molar-refractivity contribution in [1.82, 2.24) is 4.90 Å². The lowest BCUT2D eigenvalue weighted by atomic mass is 10.1. The summed E-state index contributed by atoms with van der Waals surface area (Å²) in [5, 5.41) is 9.66. The summed E-state index contributed by atoms with van der Waals surface area (Å²) in [6.07, 6.45) is 5.21. The summed E-state index contributed by atoms with van der Waals surface area (Å²) >= 11 is 3.67. The second kappa shape index (κ2) is 6.67. The topological polar surface area (TPSA) is 26.7 Å². The van der Waals surface area contributed by atoms with Crippen molar-refractivity contribution < 1.29 is 5.11 Å². The molecule has 2 fully saturated rings. The van der Waals surface area contributed by atoms with E-state index < -0.39 is 6.10 Å². The van der Waals surface area contributed by atoms with Gasteiger partial charge in [-0.05, 0) is 53.4 Å². The molecule has 1 saturated carbocycles. The lowest BCUT2D eigenvalue weighted by molar-refractivity contribution is 0.187. The molecule has 0 spiro atoms. The number of piperazine rings is 1. The van der Waals surface area contributed by atoms with Crippen molar-refractivity contribution in [2.75, 3.05) is 31.1 Å². The molecule has 21 heavy (non-hydrogen) atoms. The van der Waals surface area contributed by atoms with Crippen LogP contribution in [0.3, 0.4) is 0 Å². The number of nitrogens with zero attached hydrogens (tertiary/aromatic N) is 2. The summed E-state index contributed by atoms with van der Waals surface area (Å²) in [5.41, 5.74) is 2.22. The van der Waals surface area contributed by atoms with Crippen LogP contribution in [0.25, 0.3) is 0 Å². The van der Waals surface area contributed by atoms with Crippen LogP contribution in [0.1, 0.15) is 44.3 Å². The normalized spacial score (nSPS) is 22.7. The van der Waals surface area contributed by atoms with Gasteiger partial charge in [-0.3, -0.25) is 4.90 Å². The SMILES string of the molecule is C[C@H](O)c1ccc(N2CCN(C3CCCC3)CC2)c(Br)c1. The van der Waals surface area contributed by atoms with Crippen LogP contribution in [0.5, 0.6) is 0 Å². The van der Waals surface area contributed by atoms with E-state index >= 15 is 0 Å². The second-order valence-corrected chi connectivity index (χ2v) is 7.20. The Bertz CT molecular complexity index is 478. The molecule has 0 aromatic heterocycles. The van der Waals surface area contributed by atoms with Crippen LogP contribution in [0, 0.1) is 0 Å². The van der Waals surface area contributed by atoms with Gasteiger partial charge in [0.15, 0.2) is 0 Å². The Morgan fingerprint density at radius 1 is 1.14 bits per heavy atom. The smallest absolute Gasteiger partial charge is 0.0762 e. The molecule has 3 nitrogen and oxygen atoms in total. The van der Waals surface area contributed by atoms with Crippen molar-refractivity contribution >= 4 is 21.6 Å². The predicted octanol–water partition coefficient (Wildman–Crippen LogP) is 3.57. The number of rotatable bonds is 3. The number of halogens is 1. The Labute approximate surface area is 136 Å². The van der Waals surface area contributed by atoms with Crippen molar-refractivity contribution in [2.45, 2.75) is 44.8 Å². The number of aliphatic hydroxyl groups is 1. The highest BCUT2D eigenvalue weighted by Gasteiger charge is 2.26. The largest absolute Gasteiger partial charge is 0.389 e. The van der Waals surface area contributed by atoms with Gasteiger partial charge in [-0.25, -0.2) is 0 Å². The molecule has 1 heterocycles. The third kappa shape index (κ3) is 3.43. The van der Waals surface area contributed by atoms with Crippen LogP contribution in [0.15, 0.2) is 22.7 Å². The fourth-order valence-electron chi connectivity index (χ4n) is 3.64. The average Bonchev–Trinajstić information content (AvgIpc) is 3.01. The van der Waals surface area contributed by atoms with E-state index in [0.717, 1.165) is 29.2 Å². The van der Waals surface area contributed by atoms with E-state index in [9.17, 15) is 5.11 Å². The highest BCUT2D eigenvalue weighted by Crippen LogP contribution is 2.31. The molecule has 0 bridgehead atoms. The molecule has 1 saturated heterocycles. The summed E-state index contributed by atoms with van der Waals surface area (Å²) in [6, 6.07) is 7.06. The van der Waals surface area contributed by atoms with E-state index in [1.165, 1.54) is 44.5 Å². The zero-order valence-corrected chi connectivity index (χ0v) is 14.3. The molecular formula is C17H25BrN2O. The fraction of sp³-hybridized carbons (Fsp3) is 0.647. The van der Waals surface area contributed by atoms with Gasteiger partial charge in [-0.2, -0.15) is 0 Å². The predicted molar refractivity (Wildman–Crippen MR) is 90.8 cm³/mol. The van der Waals surface area contributed by atoms with Crippen LogP contribution >= 0.6 is 15.9 Å². The molecule has 1 atom stereocenters. The molecule has 0 amide bonds. The molecule has 0 unspecified atom stereocenters. The standard InChI is InChI=1S/C17H25BrN2O/c1-13(21)14-6-7-17(16(18)12-14)20-10-8-19(9-11-20)15-4-2-3-5-15/h6-7,12-13,15,21H,2-5,8-11H2,1H3/t13-/m0/s1. The molecule has 2 aliphatic rings. The lowest BCUT2D eigenvalue weighted by Gasteiger charge is -2.39. The first-order valence-electron chi connectivity index (χ1n) is 8.11. The third-order valence-electron chi connectivity index (χ3n) is 4.95. The molecule has 0 radical (unpaired) electrons. The Hall–Kier alpha value is -0.580. The molecule has 1 aromatic carbocycles. The summed E-state index contributed by atoms with van der Waals surface area (Å²) < 4.78 is 1.09. The molecule has 3 rings (SSSR count). The minimum atomic E-state index is -0.408. The highest BCUT2D eigenvalue weighted by molar-refractivity contribution is 9.10. The number of hydrogen-bond acceptors (Lipinski definition) is 3. The van der Waals surface area contributed by atoms with Crippen LogP contribution in [0.2, 0.25) is 0 Å². The van der Waals surface area contributed by atoms with E-state index in [1.807, 2.05) is 19.1 Å². The molecule has 1 aromatic rings. The Balaban J connectivity index is 1.63. The molecular weight excluding hydrogens is 328 g/mol. The van der Waals surface area contributed by atoms with Crippen molar-refractivity contribution in [2.24, 2.45) is 0 Å². The first-order valence-corrected chi connectivity index (χ1v) is 8.91. The first kappa shape index (κ1) is 15.3. The van der Waals surface area contributed by atoms with Gasteiger partial charge in [0.25, 0.3) is 0 Å². The summed E-state index contributed by atoms with van der Waals surface area (Å²) in [4.78, 5) is 5.14. The van der Waals surface area contributed by atoms with Gasteiger partial charge in [0.2, 0.25) is 0 Å². The van der Waals surface area contributed by atoms with E-state index in [1.54, 1.807) is 0 Å². The van der Waals surface area contributed by atoms with Gasteiger partial charge in [0, 0.05) is 36.7 Å². The van der Waals surface area contributed by atoms with Crippen molar-refractivity contribution in [3.05, 3.63) is 28.2 Å². The van der Waals surface area contributed by atoms with Gasteiger partial charge < -0.3 is 10.0 Å². The van der Waals surface area contributed by atoms with Crippen LogP contribution < -0.4 is 4.90 Å². The van der Waals surface area contributed by atoms with Gasteiger partial charge in [0.1, 0.15) is 0 Å². The fourth-order valence-corrected chi connectivity index (χ4v) is 4.28. The molecule has 1 N–H and O–H groups in total. The highest BCUT2D eigenvalue weighted by atomic mass is 79.9. The van der Waals surface area contributed by atoms with Crippen LogP contribution in [0.4, 0.5) is 5.69 Å². The quantitative estimate of drug-likeness (QED) is 0.900. The van der Waals surface area contributed by atoms with Crippen LogP contribution in [-0.4, -0.2) is 42.2 Å². The summed E-state index contributed by atoms with van der Waals surface area (Å²) in [5.74, 6) is 0. The van der Waals surface area contributed by atoms with Gasteiger partial charge in [-0.1, -0.05) is 18.9 Å². The average molecular weight is 353 g/mol. The Morgan fingerprint density at radius 3 is 2.38 bits per heavy atom. The molecule has 4 heteroatoms. The second-order valence-electron chi connectivity index (χ2n) is 6.35. The van der Waals surface area contributed by atoms with Crippen molar-refractivity contribution in [1.29, 1.82) is 0 Å². The maximum absolute atomic E-state index is 9.66. The number of aliphatic hydroxyl groups excluding tert-OH is 1. The van der Waals surface area contributed by atoms with E-state index in [-0.39, 0.29) is 0 Å². The van der Waals surface area contributed by atoms with E-state index in [2.05, 4.69) is 31.8 Å². The number of benzene rings is 1. The maximum atomic E-state index is 9.66. The lowest BCUT2D eigenvalue weighted by Crippen LogP contribution is -2.49. The van der Waals surface area contributed by atoms with Crippen molar-refractivity contribution in [3.8, 4) is 0 Å². The monoisotopic (exact) mass is 352 g/mol.